The highest BCUT2D eigenvalue weighted by Gasteiger charge is 2.16. The minimum atomic E-state index is -3.65. The number of anilines is 1. The third-order valence-electron chi connectivity index (χ3n) is 2.39. The molecule has 96 valence electrons. The van der Waals surface area contributed by atoms with Gasteiger partial charge in [-0.2, -0.15) is 8.42 Å². The molecule has 0 aliphatic carbocycles. The number of sulfonamides is 1. The van der Waals surface area contributed by atoms with Gasteiger partial charge in [0.05, 0.1) is 11.9 Å². The summed E-state index contributed by atoms with van der Waals surface area (Å²) in [4.78, 5) is 6.52. The van der Waals surface area contributed by atoms with E-state index in [1.165, 1.54) is 6.20 Å². The molecule has 0 bridgehead atoms. The molecule has 5 nitrogen and oxygen atoms in total. The molecule has 7 heteroatoms. The predicted molar refractivity (Wildman–Crippen MR) is 70.3 cm³/mol. The van der Waals surface area contributed by atoms with Gasteiger partial charge in [0.15, 0.2) is 5.03 Å². The summed E-state index contributed by atoms with van der Waals surface area (Å²) in [6.45, 7) is 3.53. The number of aromatic nitrogens is 2. The predicted octanol–water partition coefficient (Wildman–Crippen LogP) is 2.48. The van der Waals surface area contributed by atoms with E-state index in [2.05, 4.69) is 14.7 Å². The van der Waals surface area contributed by atoms with E-state index in [0.717, 1.165) is 5.56 Å². The fraction of sp³-hybridized carbons (Fsp3) is 0.182. The fourth-order valence-corrected chi connectivity index (χ4v) is 2.60. The maximum Gasteiger partial charge on any atom is 0.278 e. The molecular weight excluding hydrogens is 274 g/mol. The zero-order valence-electron chi connectivity index (χ0n) is 9.86. The molecule has 0 fully saturated rings. The smallest absolute Gasteiger partial charge is 0.278 e. The first-order valence-corrected chi connectivity index (χ1v) is 7.05. The summed E-state index contributed by atoms with van der Waals surface area (Å²) in [5.41, 5.74) is 1.30. The molecule has 1 heterocycles. The molecular formula is C11H12ClN3O2S. The van der Waals surface area contributed by atoms with E-state index in [1.54, 1.807) is 25.1 Å². The highest BCUT2D eigenvalue weighted by molar-refractivity contribution is 7.92. The van der Waals surface area contributed by atoms with Crippen LogP contribution in [0.5, 0.6) is 0 Å². The summed E-state index contributed by atoms with van der Waals surface area (Å²) >= 11 is 5.94. The van der Waals surface area contributed by atoms with E-state index in [1.807, 2.05) is 6.92 Å². The molecule has 0 aliphatic heterocycles. The fourth-order valence-electron chi connectivity index (χ4n) is 1.40. The van der Waals surface area contributed by atoms with Gasteiger partial charge in [-0.3, -0.25) is 4.72 Å². The van der Waals surface area contributed by atoms with Crippen LogP contribution in [0.2, 0.25) is 5.02 Å². The number of rotatable bonds is 3. The van der Waals surface area contributed by atoms with Crippen molar-refractivity contribution in [3.63, 3.8) is 0 Å². The van der Waals surface area contributed by atoms with Crippen molar-refractivity contribution in [2.45, 2.75) is 18.9 Å². The Bertz CT molecular complexity index is 679. The Labute approximate surface area is 110 Å². The number of imidazole rings is 1. The third-order valence-corrected chi connectivity index (χ3v) is 4.09. The Morgan fingerprint density at radius 3 is 2.61 bits per heavy atom. The average Bonchev–Trinajstić information content (AvgIpc) is 2.71. The Morgan fingerprint density at radius 1 is 1.33 bits per heavy atom. The highest BCUT2D eigenvalue weighted by Crippen LogP contribution is 2.22. The quantitative estimate of drug-likeness (QED) is 0.910. The largest absolute Gasteiger partial charge is 0.332 e. The first-order valence-electron chi connectivity index (χ1n) is 5.19. The number of nitrogens with zero attached hydrogens (tertiary/aromatic N) is 1. The van der Waals surface area contributed by atoms with Crippen LogP contribution in [0.1, 0.15) is 11.4 Å². The molecule has 2 N–H and O–H groups in total. The minimum Gasteiger partial charge on any atom is -0.332 e. The Morgan fingerprint density at radius 2 is 2.06 bits per heavy atom. The van der Waals surface area contributed by atoms with E-state index < -0.39 is 10.0 Å². The molecule has 1 aromatic carbocycles. The van der Waals surface area contributed by atoms with Crippen molar-refractivity contribution in [2.75, 3.05) is 4.72 Å². The van der Waals surface area contributed by atoms with Crippen LogP contribution in [0.4, 0.5) is 5.69 Å². The van der Waals surface area contributed by atoms with Crippen molar-refractivity contribution in [2.24, 2.45) is 0 Å². The second-order valence-corrected chi connectivity index (χ2v) is 5.96. The number of aromatic amines is 1. The maximum absolute atomic E-state index is 12.0. The molecule has 18 heavy (non-hydrogen) atoms. The van der Waals surface area contributed by atoms with E-state index >= 15 is 0 Å². The van der Waals surface area contributed by atoms with Crippen LogP contribution in [0.3, 0.4) is 0 Å². The molecule has 2 aromatic rings. The zero-order valence-corrected chi connectivity index (χ0v) is 11.4. The van der Waals surface area contributed by atoms with Crippen LogP contribution in [-0.2, 0) is 10.0 Å². The van der Waals surface area contributed by atoms with Crippen molar-refractivity contribution in [1.29, 1.82) is 0 Å². The standard InChI is InChI=1S/C11H12ClN3O2S/c1-7-3-4-9(5-10(7)12)15-18(16,17)11-6-13-8(2)14-11/h3-6,15H,1-2H3,(H,13,14). The van der Waals surface area contributed by atoms with Crippen molar-refractivity contribution in [1.82, 2.24) is 9.97 Å². The minimum absolute atomic E-state index is 0.0247. The van der Waals surface area contributed by atoms with Gasteiger partial charge in [-0.05, 0) is 31.5 Å². The molecule has 0 saturated carbocycles. The SMILES string of the molecule is Cc1ncc(S(=O)(=O)Nc2ccc(C)c(Cl)c2)[nH]1. The van der Waals surface area contributed by atoms with Crippen LogP contribution in [-0.4, -0.2) is 18.4 Å². The number of hydrogen-bond donors (Lipinski definition) is 2. The number of benzene rings is 1. The lowest BCUT2D eigenvalue weighted by molar-refractivity contribution is 0.598. The van der Waals surface area contributed by atoms with Crippen molar-refractivity contribution < 1.29 is 8.42 Å². The normalized spacial score (nSPS) is 11.5. The topological polar surface area (TPSA) is 74.8 Å². The van der Waals surface area contributed by atoms with Gasteiger partial charge in [0.25, 0.3) is 10.0 Å². The van der Waals surface area contributed by atoms with E-state index in [0.29, 0.717) is 16.5 Å². The molecule has 0 radical (unpaired) electrons. The number of nitrogens with one attached hydrogen (secondary N) is 2. The van der Waals surface area contributed by atoms with Gasteiger partial charge in [0.1, 0.15) is 5.82 Å². The molecule has 0 spiro atoms. The summed E-state index contributed by atoms with van der Waals surface area (Å²) in [6, 6.07) is 4.97. The van der Waals surface area contributed by atoms with Crippen LogP contribution in [0, 0.1) is 13.8 Å². The summed E-state index contributed by atoms with van der Waals surface area (Å²) in [7, 11) is -3.65. The maximum atomic E-state index is 12.0. The summed E-state index contributed by atoms with van der Waals surface area (Å²) < 4.78 is 26.4. The number of halogens is 1. The Balaban J connectivity index is 2.30. The summed E-state index contributed by atoms with van der Waals surface area (Å²) in [5, 5.41) is 0.535. The monoisotopic (exact) mass is 285 g/mol. The second kappa shape index (κ2) is 4.62. The van der Waals surface area contributed by atoms with Crippen LogP contribution < -0.4 is 4.72 Å². The third kappa shape index (κ3) is 2.65. The second-order valence-electron chi connectivity index (χ2n) is 3.90. The molecule has 0 atom stereocenters. The van der Waals surface area contributed by atoms with Gasteiger partial charge in [0.2, 0.25) is 0 Å². The number of hydrogen-bond acceptors (Lipinski definition) is 3. The molecule has 2 rings (SSSR count). The van der Waals surface area contributed by atoms with Gasteiger partial charge in [0, 0.05) is 5.02 Å². The number of aryl methyl sites for hydroxylation is 2. The van der Waals surface area contributed by atoms with E-state index in [4.69, 9.17) is 11.6 Å². The van der Waals surface area contributed by atoms with Gasteiger partial charge < -0.3 is 4.98 Å². The Hall–Kier alpha value is -1.53. The van der Waals surface area contributed by atoms with Crippen LogP contribution >= 0.6 is 11.6 Å². The molecule has 0 aliphatic rings. The summed E-state index contributed by atoms with van der Waals surface area (Å²) in [6.07, 6.45) is 1.27. The van der Waals surface area contributed by atoms with Gasteiger partial charge >= 0.3 is 0 Å². The van der Waals surface area contributed by atoms with E-state index in [9.17, 15) is 8.42 Å². The van der Waals surface area contributed by atoms with E-state index in [-0.39, 0.29) is 5.03 Å². The molecule has 1 aromatic heterocycles. The molecule has 0 saturated heterocycles. The molecule has 0 unspecified atom stereocenters. The summed E-state index contributed by atoms with van der Waals surface area (Å²) in [5.74, 6) is 0.539. The zero-order chi connectivity index (χ0) is 13.3. The lowest BCUT2D eigenvalue weighted by atomic mass is 10.2. The van der Waals surface area contributed by atoms with Crippen molar-refractivity contribution >= 4 is 27.3 Å². The van der Waals surface area contributed by atoms with Gasteiger partial charge in [-0.1, -0.05) is 17.7 Å². The lowest BCUT2D eigenvalue weighted by Gasteiger charge is -2.07. The first kappa shape index (κ1) is 12.9. The highest BCUT2D eigenvalue weighted by atomic mass is 35.5. The van der Waals surface area contributed by atoms with Gasteiger partial charge in [-0.25, -0.2) is 4.98 Å². The van der Waals surface area contributed by atoms with Crippen molar-refractivity contribution in [3.8, 4) is 0 Å². The van der Waals surface area contributed by atoms with Crippen molar-refractivity contribution in [3.05, 3.63) is 40.8 Å². The Kier molecular flexibility index (Phi) is 3.32. The molecule has 0 amide bonds. The van der Waals surface area contributed by atoms with Crippen LogP contribution in [0.25, 0.3) is 0 Å². The lowest BCUT2D eigenvalue weighted by Crippen LogP contribution is -2.13. The van der Waals surface area contributed by atoms with Gasteiger partial charge in [-0.15, -0.1) is 0 Å². The van der Waals surface area contributed by atoms with Crippen LogP contribution in [0.15, 0.2) is 29.4 Å². The number of H-pyrrole nitrogens is 1. The average molecular weight is 286 g/mol. The first-order chi connectivity index (χ1) is 8.38.